The molecule has 0 spiro atoms. The van der Waals surface area contributed by atoms with Crippen LogP contribution >= 0.6 is 0 Å². The van der Waals surface area contributed by atoms with Crippen molar-refractivity contribution < 1.29 is 42.9 Å². The van der Waals surface area contributed by atoms with Crippen LogP contribution in [0.1, 0.15) is 348 Å². The Hall–Kier alpha value is -3.53. The van der Waals surface area contributed by atoms with E-state index in [9.17, 15) is 19.5 Å². The molecular weight excluding hydrogens is 1100 g/mol. The predicted octanol–water partition coefficient (Wildman–Crippen LogP) is 23.8. The topological polar surface area (TPSA) is 108 Å². The molecule has 0 fully saturated rings. The Morgan fingerprint density at radius 1 is 0.348 bits per heavy atom. The number of nitrogens with zero attached hydrogens (tertiary/aromatic N) is 1. The average molecular weight is 1250 g/mol. The fourth-order valence-corrected chi connectivity index (χ4v) is 10.9. The minimum Gasteiger partial charge on any atom is -0.477 e. The van der Waals surface area contributed by atoms with Gasteiger partial charge < -0.3 is 28.5 Å². The summed E-state index contributed by atoms with van der Waals surface area (Å²) in [5.41, 5.74) is 0. The van der Waals surface area contributed by atoms with Gasteiger partial charge in [-0.15, -0.1) is 0 Å². The highest BCUT2D eigenvalue weighted by molar-refractivity contribution is 5.71. The lowest BCUT2D eigenvalue weighted by atomic mass is 10.0. The van der Waals surface area contributed by atoms with Crippen LogP contribution in [0.5, 0.6) is 0 Å². The van der Waals surface area contributed by atoms with Crippen LogP contribution < -0.4 is 0 Å². The van der Waals surface area contributed by atoms with E-state index in [2.05, 4.69) is 98.9 Å². The van der Waals surface area contributed by atoms with E-state index in [1.54, 1.807) is 0 Å². The Bertz CT molecular complexity index is 1740. The van der Waals surface area contributed by atoms with Crippen molar-refractivity contribution >= 4 is 17.9 Å². The van der Waals surface area contributed by atoms with Gasteiger partial charge in [0.05, 0.1) is 34.4 Å². The Morgan fingerprint density at radius 3 is 0.966 bits per heavy atom. The summed E-state index contributed by atoms with van der Waals surface area (Å²) in [7, 11) is 5.99. The lowest BCUT2D eigenvalue weighted by Crippen LogP contribution is -2.40. The molecule has 0 aromatic heterocycles. The summed E-state index contributed by atoms with van der Waals surface area (Å²) in [6.45, 7) is 4.81. The van der Waals surface area contributed by atoms with Crippen molar-refractivity contribution in [2.24, 2.45) is 0 Å². The van der Waals surface area contributed by atoms with Crippen molar-refractivity contribution in [2.45, 2.75) is 360 Å². The van der Waals surface area contributed by atoms with Crippen LogP contribution in [-0.4, -0.2) is 87.4 Å². The zero-order valence-corrected chi connectivity index (χ0v) is 59.1. The largest absolute Gasteiger partial charge is 0.477 e. The maximum Gasteiger partial charge on any atom is 0.361 e. The first-order valence-corrected chi connectivity index (χ1v) is 37.8. The summed E-state index contributed by atoms with van der Waals surface area (Å²) >= 11 is 0. The van der Waals surface area contributed by atoms with Crippen molar-refractivity contribution in [3.05, 3.63) is 85.1 Å². The number of carbonyl (C=O) groups excluding carboxylic acids is 2. The van der Waals surface area contributed by atoms with Crippen molar-refractivity contribution in [1.29, 1.82) is 0 Å². The Balaban J connectivity index is 3.99. The second kappa shape index (κ2) is 70.3. The van der Waals surface area contributed by atoms with Gasteiger partial charge in [-0.05, 0) is 89.9 Å². The number of esters is 2. The molecule has 516 valence electrons. The number of quaternary nitrogens is 1. The molecule has 0 bridgehead atoms. The molecule has 0 saturated carbocycles. The van der Waals surface area contributed by atoms with Crippen LogP contribution in [0.2, 0.25) is 0 Å². The molecule has 0 radical (unpaired) electrons. The Kier molecular flexibility index (Phi) is 67.6. The zero-order chi connectivity index (χ0) is 64.7. The van der Waals surface area contributed by atoms with E-state index >= 15 is 0 Å². The minimum absolute atomic E-state index is 0.180. The van der Waals surface area contributed by atoms with E-state index in [4.69, 9.17) is 18.9 Å². The summed E-state index contributed by atoms with van der Waals surface area (Å²) in [5.74, 6) is -1.98. The summed E-state index contributed by atoms with van der Waals surface area (Å²) in [5, 5.41) is 9.76. The van der Waals surface area contributed by atoms with Crippen molar-refractivity contribution in [1.82, 2.24) is 0 Å². The Labute approximate surface area is 550 Å². The van der Waals surface area contributed by atoms with Crippen molar-refractivity contribution in [3.63, 3.8) is 0 Å². The highest BCUT2D eigenvalue weighted by atomic mass is 16.7. The number of rotatable bonds is 70. The molecular formula is C80H144NO8+. The van der Waals surface area contributed by atoms with Crippen LogP contribution in [0.4, 0.5) is 0 Å². The van der Waals surface area contributed by atoms with Crippen LogP contribution in [0.3, 0.4) is 0 Å². The van der Waals surface area contributed by atoms with Gasteiger partial charge >= 0.3 is 17.9 Å². The monoisotopic (exact) mass is 1250 g/mol. The predicted molar refractivity (Wildman–Crippen MR) is 382 cm³/mol. The normalized spacial score (nSPS) is 13.1. The van der Waals surface area contributed by atoms with Gasteiger partial charge in [-0.25, -0.2) is 4.79 Å². The van der Waals surface area contributed by atoms with Gasteiger partial charge in [0.1, 0.15) is 13.2 Å². The molecule has 0 heterocycles. The molecule has 9 nitrogen and oxygen atoms in total. The number of unbranched alkanes of at least 4 members (excludes halogenated alkanes) is 41. The van der Waals surface area contributed by atoms with Gasteiger partial charge in [0.2, 0.25) is 0 Å². The molecule has 2 unspecified atom stereocenters. The van der Waals surface area contributed by atoms with E-state index in [1.807, 2.05) is 21.1 Å². The molecule has 0 aromatic carbocycles. The number of aliphatic carboxylic acids is 1. The van der Waals surface area contributed by atoms with Crippen LogP contribution in [-0.2, 0) is 33.3 Å². The molecule has 2 atom stereocenters. The van der Waals surface area contributed by atoms with E-state index in [-0.39, 0.29) is 38.2 Å². The second-order valence-corrected chi connectivity index (χ2v) is 26.6. The quantitative estimate of drug-likeness (QED) is 0.0211. The smallest absolute Gasteiger partial charge is 0.361 e. The number of hydrogen-bond donors (Lipinski definition) is 1. The summed E-state index contributed by atoms with van der Waals surface area (Å²) in [6, 6.07) is 0. The summed E-state index contributed by atoms with van der Waals surface area (Å²) < 4.78 is 23.0. The molecule has 0 aliphatic carbocycles. The third-order valence-corrected chi connectivity index (χ3v) is 16.6. The first-order chi connectivity index (χ1) is 43.6. The number of carboxylic acids is 1. The van der Waals surface area contributed by atoms with Gasteiger partial charge in [-0.2, -0.15) is 0 Å². The highest BCUT2D eigenvalue weighted by Gasteiger charge is 2.25. The molecule has 0 saturated heterocycles. The molecule has 0 aliphatic heterocycles. The SMILES string of the molecule is CC/C=C\C/C=C\C/C=C\C/C=C\C/C=C\C/C=C\CCCCCCCCCCCCCCCCCCCCCCCCC(=O)OC(COC(=O)CCCCCCCCCCCCC/C=C\CCCCCCCCCC)COC(OCC[N+](C)(C)C)C(=O)O. The number of hydrogen-bond acceptors (Lipinski definition) is 7. The summed E-state index contributed by atoms with van der Waals surface area (Å²) in [4.78, 5) is 37.7. The van der Waals surface area contributed by atoms with Crippen LogP contribution in [0.15, 0.2) is 85.1 Å². The maximum atomic E-state index is 13.0. The zero-order valence-electron chi connectivity index (χ0n) is 59.1. The molecule has 0 amide bonds. The number of likely N-dealkylation sites (N-methyl/N-ethyl adjacent to an activating group) is 1. The summed E-state index contributed by atoms with van der Waals surface area (Å²) in [6.07, 6.45) is 92.9. The number of allylic oxidation sites excluding steroid dienone is 14. The fourth-order valence-electron chi connectivity index (χ4n) is 10.9. The van der Waals surface area contributed by atoms with Gasteiger partial charge in [-0.3, -0.25) is 9.59 Å². The van der Waals surface area contributed by atoms with Gasteiger partial charge in [0.25, 0.3) is 6.29 Å². The standard InChI is InChI=1S/C80H143NO8/c1-6-8-10-12-14-16-18-20-22-24-26-28-30-31-32-33-34-35-36-37-38-39-40-41-42-43-44-45-46-47-49-51-53-55-57-59-61-63-65-67-69-71-78(83)89-76(75-88-80(79(84)85)86-73-72-81(3,4)5)74-87-77(82)70-68-66-64-62-60-58-56-54-52-50-48-29-27-25-23-21-19-17-15-13-11-9-7-2/h8,10,14,16,20,22,25-28,31-32,34-35,76,80H,6-7,9,11-13,15,17-19,21,23-24,29-30,33,36-75H2,1-5H3/p+1/b10-8-,16-14-,22-20-,27-25-,28-26-,32-31-,35-34-. The number of carbonyl (C=O) groups is 3. The molecule has 0 rings (SSSR count). The van der Waals surface area contributed by atoms with Gasteiger partial charge in [0.15, 0.2) is 6.10 Å². The van der Waals surface area contributed by atoms with E-state index in [0.29, 0.717) is 17.4 Å². The first kappa shape index (κ1) is 85.5. The molecule has 0 aromatic rings. The average Bonchev–Trinajstić information content (AvgIpc) is 3.64. The maximum absolute atomic E-state index is 13.0. The van der Waals surface area contributed by atoms with Crippen molar-refractivity contribution in [2.75, 3.05) is 47.5 Å². The highest BCUT2D eigenvalue weighted by Crippen LogP contribution is 2.18. The molecule has 89 heavy (non-hydrogen) atoms. The molecule has 9 heteroatoms. The second-order valence-electron chi connectivity index (χ2n) is 26.6. The molecule has 0 aliphatic rings. The van der Waals surface area contributed by atoms with Gasteiger partial charge in [-0.1, -0.05) is 330 Å². The van der Waals surface area contributed by atoms with E-state index in [1.165, 1.54) is 244 Å². The first-order valence-electron chi connectivity index (χ1n) is 37.8. The van der Waals surface area contributed by atoms with Gasteiger partial charge in [0, 0.05) is 12.8 Å². The number of carboxylic acid groups (broad SMARTS) is 1. The number of ether oxygens (including phenoxy) is 4. The third-order valence-electron chi connectivity index (χ3n) is 16.6. The lowest BCUT2D eigenvalue weighted by molar-refractivity contribution is -0.870. The van der Waals surface area contributed by atoms with Crippen molar-refractivity contribution in [3.8, 4) is 0 Å². The minimum atomic E-state index is -1.51. The molecule has 1 N–H and O–H groups in total. The van der Waals surface area contributed by atoms with Crippen LogP contribution in [0.25, 0.3) is 0 Å². The van der Waals surface area contributed by atoms with E-state index < -0.39 is 18.4 Å². The fraction of sp³-hybridized carbons (Fsp3) is 0.787. The third kappa shape index (κ3) is 71.8. The van der Waals surface area contributed by atoms with Crippen LogP contribution in [0, 0.1) is 0 Å². The van der Waals surface area contributed by atoms with E-state index in [0.717, 1.165) is 77.0 Å². The lowest BCUT2D eigenvalue weighted by Gasteiger charge is -2.25. The Morgan fingerprint density at radius 2 is 0.640 bits per heavy atom.